The Kier molecular flexibility index (Phi) is 5.12. The first-order valence-corrected chi connectivity index (χ1v) is 8.60. The summed E-state index contributed by atoms with van der Waals surface area (Å²) in [6.45, 7) is 11.0. The van der Waals surface area contributed by atoms with Crippen molar-refractivity contribution in [3.05, 3.63) is 11.6 Å². The SMILES string of the molecule is C/C=C(\C)[C@H](CC(=O)OC)[Si](C)(C)C. The molecule has 0 saturated heterocycles. The molecule has 0 amide bonds. The van der Waals surface area contributed by atoms with Crippen molar-refractivity contribution in [2.75, 3.05) is 7.11 Å². The zero-order valence-corrected chi connectivity index (χ0v) is 11.2. The summed E-state index contributed by atoms with van der Waals surface area (Å²) >= 11 is 0. The van der Waals surface area contributed by atoms with Crippen LogP contribution in [0.25, 0.3) is 0 Å². The van der Waals surface area contributed by atoms with Gasteiger partial charge in [-0.25, -0.2) is 0 Å². The Morgan fingerprint density at radius 2 is 1.93 bits per heavy atom. The average molecular weight is 214 g/mol. The minimum absolute atomic E-state index is 0.0985. The number of hydrogen-bond donors (Lipinski definition) is 0. The molecule has 0 saturated carbocycles. The second-order valence-electron chi connectivity index (χ2n) is 4.73. The van der Waals surface area contributed by atoms with Crippen LogP contribution in [-0.4, -0.2) is 21.2 Å². The molecule has 0 aromatic carbocycles. The second-order valence-corrected chi connectivity index (χ2v) is 10.2. The number of rotatable bonds is 4. The molecule has 0 radical (unpaired) electrons. The maximum Gasteiger partial charge on any atom is 0.305 e. The molecule has 0 aromatic rings. The molecular formula is C11H22O2Si. The summed E-state index contributed by atoms with van der Waals surface area (Å²) in [7, 11) is 0.134. The van der Waals surface area contributed by atoms with Gasteiger partial charge in [-0.2, -0.15) is 0 Å². The summed E-state index contributed by atoms with van der Waals surface area (Å²) < 4.78 is 4.73. The quantitative estimate of drug-likeness (QED) is 0.408. The summed E-state index contributed by atoms with van der Waals surface area (Å²) in [5, 5.41) is 0. The lowest BCUT2D eigenvalue weighted by Crippen LogP contribution is -2.31. The lowest BCUT2D eigenvalue weighted by Gasteiger charge is -2.28. The number of hydrogen-bond acceptors (Lipinski definition) is 2. The lowest BCUT2D eigenvalue weighted by molar-refractivity contribution is -0.140. The van der Waals surface area contributed by atoms with Gasteiger partial charge in [-0.15, -0.1) is 0 Å². The van der Waals surface area contributed by atoms with E-state index >= 15 is 0 Å². The Morgan fingerprint density at radius 1 is 1.43 bits per heavy atom. The molecule has 82 valence electrons. The highest BCUT2D eigenvalue weighted by Gasteiger charge is 2.29. The van der Waals surface area contributed by atoms with E-state index in [1.807, 2.05) is 6.92 Å². The summed E-state index contributed by atoms with van der Waals surface area (Å²) in [5.41, 5.74) is 1.72. The number of esters is 1. The molecule has 0 aliphatic rings. The Morgan fingerprint density at radius 3 is 2.21 bits per heavy atom. The van der Waals surface area contributed by atoms with E-state index < -0.39 is 8.07 Å². The molecule has 0 aromatic heterocycles. The largest absolute Gasteiger partial charge is 0.469 e. The highest BCUT2D eigenvalue weighted by atomic mass is 28.3. The maximum atomic E-state index is 11.3. The lowest BCUT2D eigenvalue weighted by atomic mass is 10.1. The zero-order valence-electron chi connectivity index (χ0n) is 10.2. The van der Waals surface area contributed by atoms with Gasteiger partial charge in [-0.1, -0.05) is 31.3 Å². The minimum Gasteiger partial charge on any atom is -0.469 e. The van der Waals surface area contributed by atoms with Crippen LogP contribution in [0.4, 0.5) is 0 Å². The van der Waals surface area contributed by atoms with Crippen LogP contribution in [0.2, 0.25) is 25.2 Å². The Bertz CT molecular complexity index is 226. The first kappa shape index (κ1) is 13.4. The molecule has 0 rings (SSSR count). The van der Waals surface area contributed by atoms with E-state index in [9.17, 15) is 4.79 Å². The predicted molar refractivity (Wildman–Crippen MR) is 63.2 cm³/mol. The van der Waals surface area contributed by atoms with Crippen LogP contribution in [0.15, 0.2) is 11.6 Å². The number of ether oxygens (including phenoxy) is 1. The molecule has 0 fully saturated rings. The van der Waals surface area contributed by atoms with Gasteiger partial charge in [0.05, 0.1) is 15.2 Å². The third-order valence-electron chi connectivity index (χ3n) is 2.65. The molecule has 0 aliphatic heterocycles. The van der Waals surface area contributed by atoms with Gasteiger partial charge < -0.3 is 4.74 Å². The fourth-order valence-corrected chi connectivity index (χ4v) is 3.91. The molecule has 1 atom stereocenters. The summed E-state index contributed by atoms with van der Waals surface area (Å²) in [4.78, 5) is 11.3. The highest BCUT2D eigenvalue weighted by molar-refractivity contribution is 6.78. The van der Waals surface area contributed by atoms with E-state index in [2.05, 4.69) is 32.6 Å². The van der Waals surface area contributed by atoms with Gasteiger partial charge in [0.1, 0.15) is 0 Å². The van der Waals surface area contributed by atoms with Gasteiger partial charge >= 0.3 is 5.97 Å². The molecule has 14 heavy (non-hydrogen) atoms. The van der Waals surface area contributed by atoms with Crippen LogP contribution < -0.4 is 0 Å². The van der Waals surface area contributed by atoms with Crippen LogP contribution in [0.3, 0.4) is 0 Å². The zero-order chi connectivity index (χ0) is 11.4. The molecule has 0 bridgehead atoms. The number of methoxy groups -OCH3 is 1. The molecule has 0 unspecified atom stereocenters. The second kappa shape index (κ2) is 5.34. The molecule has 2 nitrogen and oxygen atoms in total. The average Bonchev–Trinajstić information content (AvgIpc) is 2.10. The Balaban J connectivity index is 4.67. The molecule has 0 aliphatic carbocycles. The van der Waals surface area contributed by atoms with E-state index in [0.29, 0.717) is 12.0 Å². The van der Waals surface area contributed by atoms with E-state index in [0.717, 1.165) is 0 Å². The monoisotopic (exact) mass is 214 g/mol. The summed E-state index contributed by atoms with van der Waals surface area (Å²) in [6.07, 6.45) is 2.63. The van der Waals surface area contributed by atoms with Crippen LogP contribution in [0.5, 0.6) is 0 Å². The van der Waals surface area contributed by atoms with E-state index in [1.165, 1.54) is 12.7 Å². The molecule has 0 heterocycles. The standard InChI is InChI=1S/C11H22O2Si/c1-7-9(2)10(14(4,5)6)8-11(12)13-3/h7,10H,8H2,1-6H3/b9-7+/t10-/m0/s1. The predicted octanol–water partition coefficient (Wildman–Crippen LogP) is 3.22. The Hall–Kier alpha value is -0.573. The van der Waals surface area contributed by atoms with Gasteiger partial charge in [0.25, 0.3) is 0 Å². The molecule has 0 spiro atoms. The van der Waals surface area contributed by atoms with Crippen molar-refractivity contribution >= 4 is 14.0 Å². The molecular weight excluding hydrogens is 192 g/mol. The first-order chi connectivity index (χ1) is 6.32. The third-order valence-corrected chi connectivity index (χ3v) is 5.40. The van der Waals surface area contributed by atoms with E-state index in [4.69, 9.17) is 4.74 Å². The van der Waals surface area contributed by atoms with Crippen molar-refractivity contribution in [1.29, 1.82) is 0 Å². The number of carbonyl (C=O) groups excluding carboxylic acids is 1. The Labute approximate surface area is 88.4 Å². The van der Waals surface area contributed by atoms with Crippen molar-refractivity contribution in [1.82, 2.24) is 0 Å². The van der Waals surface area contributed by atoms with Crippen molar-refractivity contribution in [2.45, 2.75) is 45.5 Å². The van der Waals surface area contributed by atoms with Crippen molar-refractivity contribution in [3.63, 3.8) is 0 Å². The first-order valence-electron chi connectivity index (χ1n) is 5.02. The van der Waals surface area contributed by atoms with Gasteiger partial charge in [0.2, 0.25) is 0 Å². The van der Waals surface area contributed by atoms with Crippen LogP contribution in [-0.2, 0) is 9.53 Å². The normalized spacial score (nSPS) is 15.1. The third kappa shape index (κ3) is 4.09. The summed E-state index contributed by atoms with van der Waals surface area (Å²) in [5.74, 6) is -0.0985. The minimum atomic E-state index is -1.32. The van der Waals surface area contributed by atoms with Crippen LogP contribution in [0.1, 0.15) is 20.3 Å². The van der Waals surface area contributed by atoms with Crippen LogP contribution in [0, 0.1) is 0 Å². The fourth-order valence-electron chi connectivity index (χ4n) is 1.60. The molecule has 0 N–H and O–H groups in total. The smallest absolute Gasteiger partial charge is 0.305 e. The van der Waals surface area contributed by atoms with Gasteiger partial charge in [0, 0.05) is 6.42 Å². The number of carbonyl (C=O) groups is 1. The number of allylic oxidation sites excluding steroid dienone is 2. The van der Waals surface area contributed by atoms with E-state index in [1.54, 1.807) is 0 Å². The maximum absolute atomic E-state index is 11.3. The van der Waals surface area contributed by atoms with Gasteiger partial charge in [-0.05, 0) is 19.4 Å². The van der Waals surface area contributed by atoms with Gasteiger partial charge in [0.15, 0.2) is 0 Å². The molecule has 3 heteroatoms. The van der Waals surface area contributed by atoms with Crippen molar-refractivity contribution < 1.29 is 9.53 Å². The topological polar surface area (TPSA) is 26.3 Å². The fraction of sp³-hybridized carbons (Fsp3) is 0.727. The van der Waals surface area contributed by atoms with Gasteiger partial charge in [-0.3, -0.25) is 4.79 Å². The highest BCUT2D eigenvalue weighted by Crippen LogP contribution is 2.32. The van der Waals surface area contributed by atoms with E-state index in [-0.39, 0.29) is 5.97 Å². The van der Waals surface area contributed by atoms with Crippen LogP contribution >= 0.6 is 0 Å². The van der Waals surface area contributed by atoms with Crippen molar-refractivity contribution in [2.24, 2.45) is 0 Å². The van der Waals surface area contributed by atoms with Crippen molar-refractivity contribution in [3.8, 4) is 0 Å². The summed E-state index contributed by atoms with van der Waals surface area (Å²) in [6, 6.07) is 0.